The van der Waals surface area contributed by atoms with Crippen LogP contribution in [0.4, 0.5) is 0 Å². The summed E-state index contributed by atoms with van der Waals surface area (Å²) in [7, 11) is 3.37. The fourth-order valence-electron chi connectivity index (χ4n) is 2.72. The summed E-state index contributed by atoms with van der Waals surface area (Å²) in [6, 6.07) is 16.1. The Morgan fingerprint density at radius 1 is 0.792 bits per heavy atom. The molecule has 0 aliphatic rings. The molecular weight excluding hydrogens is 300 g/mol. The van der Waals surface area contributed by atoms with Crippen molar-refractivity contribution < 1.29 is 14.2 Å². The Morgan fingerprint density at radius 2 is 1.42 bits per heavy atom. The molecule has 0 heterocycles. The van der Waals surface area contributed by atoms with E-state index in [0.29, 0.717) is 0 Å². The third-order valence-corrected chi connectivity index (χ3v) is 4.34. The molecule has 130 valence electrons. The molecule has 0 saturated carbocycles. The van der Waals surface area contributed by atoms with Crippen LogP contribution in [0.2, 0.25) is 0 Å². The molecule has 3 nitrogen and oxygen atoms in total. The number of hydrogen-bond donors (Lipinski definition) is 0. The van der Waals surface area contributed by atoms with Crippen molar-refractivity contribution in [3.63, 3.8) is 0 Å². The lowest BCUT2D eigenvalue weighted by Gasteiger charge is -2.26. The lowest BCUT2D eigenvalue weighted by molar-refractivity contribution is 0.297. The van der Waals surface area contributed by atoms with Crippen LogP contribution < -0.4 is 14.2 Å². The third-order valence-electron chi connectivity index (χ3n) is 4.34. The van der Waals surface area contributed by atoms with Crippen molar-refractivity contribution in [2.75, 3.05) is 20.8 Å². The summed E-state index contributed by atoms with van der Waals surface area (Å²) in [4.78, 5) is 0. The molecule has 0 atom stereocenters. The van der Waals surface area contributed by atoms with Crippen molar-refractivity contribution >= 4 is 0 Å². The molecule has 0 radical (unpaired) electrons. The summed E-state index contributed by atoms with van der Waals surface area (Å²) >= 11 is 0. The Hall–Kier alpha value is -2.16. The van der Waals surface area contributed by atoms with Gasteiger partial charge in [-0.05, 0) is 54.5 Å². The molecule has 0 unspecified atom stereocenters. The van der Waals surface area contributed by atoms with E-state index in [1.165, 1.54) is 5.56 Å². The van der Waals surface area contributed by atoms with Gasteiger partial charge in [0.05, 0.1) is 20.8 Å². The van der Waals surface area contributed by atoms with Gasteiger partial charge in [0.2, 0.25) is 0 Å². The van der Waals surface area contributed by atoms with Gasteiger partial charge in [-0.25, -0.2) is 0 Å². The van der Waals surface area contributed by atoms with Gasteiger partial charge in [0.1, 0.15) is 17.2 Å². The molecule has 3 heteroatoms. The van der Waals surface area contributed by atoms with Crippen LogP contribution in [0, 0.1) is 0 Å². The highest BCUT2D eigenvalue weighted by Gasteiger charge is 2.21. The van der Waals surface area contributed by atoms with Crippen LogP contribution in [-0.4, -0.2) is 20.8 Å². The SMILES string of the molecule is COc1cc(OC)cc(C(C)(C)CCCCOc2ccccc2)c1. The summed E-state index contributed by atoms with van der Waals surface area (Å²) in [6.07, 6.45) is 3.24. The molecule has 0 bridgehead atoms. The first-order chi connectivity index (χ1) is 11.5. The first kappa shape index (κ1) is 18.2. The number of methoxy groups -OCH3 is 2. The number of ether oxygens (including phenoxy) is 3. The average molecular weight is 328 g/mol. The third kappa shape index (κ3) is 5.19. The molecule has 0 aliphatic carbocycles. The maximum absolute atomic E-state index is 5.76. The molecule has 2 aromatic rings. The van der Waals surface area contributed by atoms with E-state index in [1.54, 1.807) is 14.2 Å². The first-order valence-electron chi connectivity index (χ1n) is 8.46. The molecule has 0 amide bonds. The molecule has 0 fully saturated rings. The minimum absolute atomic E-state index is 0.0641. The Balaban J connectivity index is 1.86. The summed E-state index contributed by atoms with van der Waals surface area (Å²) in [5, 5.41) is 0. The zero-order chi connectivity index (χ0) is 17.4. The van der Waals surface area contributed by atoms with Gasteiger partial charge in [-0.3, -0.25) is 0 Å². The van der Waals surface area contributed by atoms with Crippen molar-refractivity contribution in [3.05, 3.63) is 54.1 Å². The molecule has 0 N–H and O–H groups in total. The molecule has 2 aromatic carbocycles. The minimum atomic E-state index is 0.0641. The first-order valence-corrected chi connectivity index (χ1v) is 8.46. The number of rotatable bonds is 9. The second-order valence-corrected chi connectivity index (χ2v) is 6.60. The average Bonchev–Trinajstić information content (AvgIpc) is 2.61. The Morgan fingerprint density at radius 3 is 2.00 bits per heavy atom. The fourth-order valence-corrected chi connectivity index (χ4v) is 2.72. The molecule has 0 saturated heterocycles. The van der Waals surface area contributed by atoms with Gasteiger partial charge in [0.15, 0.2) is 0 Å². The smallest absolute Gasteiger partial charge is 0.122 e. The number of hydrogen-bond acceptors (Lipinski definition) is 3. The van der Waals surface area contributed by atoms with Crippen LogP contribution in [0.3, 0.4) is 0 Å². The van der Waals surface area contributed by atoms with E-state index < -0.39 is 0 Å². The largest absolute Gasteiger partial charge is 0.497 e. The number of para-hydroxylation sites is 1. The monoisotopic (exact) mass is 328 g/mol. The zero-order valence-electron chi connectivity index (χ0n) is 15.2. The van der Waals surface area contributed by atoms with E-state index in [0.717, 1.165) is 43.1 Å². The van der Waals surface area contributed by atoms with Crippen molar-refractivity contribution in [2.24, 2.45) is 0 Å². The van der Waals surface area contributed by atoms with Crippen LogP contribution in [0.1, 0.15) is 38.7 Å². The van der Waals surface area contributed by atoms with E-state index in [4.69, 9.17) is 14.2 Å². The topological polar surface area (TPSA) is 27.7 Å². The van der Waals surface area contributed by atoms with Crippen LogP contribution in [0.5, 0.6) is 17.2 Å². The fraction of sp³-hybridized carbons (Fsp3) is 0.429. The number of unbranched alkanes of at least 4 members (excludes halogenated alkanes) is 1. The second-order valence-electron chi connectivity index (χ2n) is 6.60. The predicted molar refractivity (Wildman–Crippen MR) is 98.4 cm³/mol. The molecular formula is C21H28O3. The summed E-state index contributed by atoms with van der Waals surface area (Å²) in [5.41, 5.74) is 1.30. The van der Waals surface area contributed by atoms with Gasteiger partial charge in [-0.2, -0.15) is 0 Å². The maximum Gasteiger partial charge on any atom is 0.122 e. The van der Waals surface area contributed by atoms with Gasteiger partial charge in [-0.15, -0.1) is 0 Å². The van der Waals surface area contributed by atoms with E-state index in [2.05, 4.69) is 26.0 Å². The van der Waals surface area contributed by atoms with E-state index >= 15 is 0 Å². The number of benzene rings is 2. The highest BCUT2D eigenvalue weighted by molar-refractivity contribution is 5.41. The van der Waals surface area contributed by atoms with Crippen molar-refractivity contribution in [2.45, 2.75) is 38.5 Å². The predicted octanol–water partition coefficient (Wildman–Crippen LogP) is 5.23. The minimum Gasteiger partial charge on any atom is -0.497 e. The maximum atomic E-state index is 5.76. The van der Waals surface area contributed by atoms with Crippen LogP contribution in [-0.2, 0) is 5.41 Å². The van der Waals surface area contributed by atoms with Crippen molar-refractivity contribution in [1.29, 1.82) is 0 Å². The highest BCUT2D eigenvalue weighted by atomic mass is 16.5. The van der Waals surface area contributed by atoms with Crippen molar-refractivity contribution in [1.82, 2.24) is 0 Å². The van der Waals surface area contributed by atoms with Crippen LogP contribution in [0.15, 0.2) is 48.5 Å². The Bertz CT molecular complexity index is 598. The normalized spacial score (nSPS) is 11.2. The molecule has 2 rings (SSSR count). The zero-order valence-corrected chi connectivity index (χ0v) is 15.2. The molecule has 0 aromatic heterocycles. The van der Waals surface area contributed by atoms with Gasteiger partial charge in [0, 0.05) is 6.07 Å². The van der Waals surface area contributed by atoms with Crippen LogP contribution >= 0.6 is 0 Å². The lowest BCUT2D eigenvalue weighted by Crippen LogP contribution is -2.17. The standard InChI is InChI=1S/C21H28O3/c1-21(2,17-14-19(22-3)16-20(15-17)23-4)12-8-9-13-24-18-10-6-5-7-11-18/h5-7,10-11,14-16H,8-9,12-13H2,1-4H3. The van der Waals surface area contributed by atoms with E-state index in [-0.39, 0.29) is 5.41 Å². The van der Waals surface area contributed by atoms with Gasteiger partial charge < -0.3 is 14.2 Å². The van der Waals surface area contributed by atoms with Gasteiger partial charge in [-0.1, -0.05) is 32.0 Å². The summed E-state index contributed by atoms with van der Waals surface area (Å²) in [5.74, 6) is 2.61. The van der Waals surface area contributed by atoms with E-state index in [1.807, 2.05) is 36.4 Å². The second kappa shape index (κ2) is 8.62. The van der Waals surface area contributed by atoms with Gasteiger partial charge >= 0.3 is 0 Å². The van der Waals surface area contributed by atoms with E-state index in [9.17, 15) is 0 Å². The van der Waals surface area contributed by atoms with Crippen molar-refractivity contribution in [3.8, 4) is 17.2 Å². The summed E-state index contributed by atoms with van der Waals surface area (Å²) in [6.45, 7) is 5.28. The Labute approximate surface area is 145 Å². The molecule has 0 spiro atoms. The molecule has 0 aliphatic heterocycles. The molecule has 24 heavy (non-hydrogen) atoms. The summed E-state index contributed by atoms with van der Waals surface area (Å²) < 4.78 is 16.5. The van der Waals surface area contributed by atoms with Gasteiger partial charge in [0.25, 0.3) is 0 Å². The highest BCUT2D eigenvalue weighted by Crippen LogP contribution is 2.34. The Kier molecular flexibility index (Phi) is 6.53. The lowest BCUT2D eigenvalue weighted by atomic mass is 9.80. The quantitative estimate of drug-likeness (QED) is 0.590. The van der Waals surface area contributed by atoms with Crippen LogP contribution in [0.25, 0.3) is 0 Å².